The first-order chi connectivity index (χ1) is 13.6. The molecule has 29 heavy (non-hydrogen) atoms. The summed E-state index contributed by atoms with van der Waals surface area (Å²) in [6.07, 6.45) is 2.61. The summed E-state index contributed by atoms with van der Waals surface area (Å²) in [6, 6.07) is -3.01. The number of nitrogens with one attached hydrogen (secondary N) is 4. The average Bonchev–Trinajstić information content (AvgIpc) is 3.18. The van der Waals surface area contributed by atoms with Crippen LogP contribution in [-0.4, -0.2) is 59.5 Å². The molecule has 0 aromatic heterocycles. The number of aliphatic carboxylic acids is 1. The van der Waals surface area contributed by atoms with Crippen molar-refractivity contribution in [2.24, 2.45) is 11.8 Å². The summed E-state index contributed by atoms with van der Waals surface area (Å²) in [5.41, 5.74) is 0. The van der Waals surface area contributed by atoms with Crippen molar-refractivity contribution in [3.05, 3.63) is 0 Å². The van der Waals surface area contributed by atoms with Crippen LogP contribution in [0.3, 0.4) is 0 Å². The van der Waals surface area contributed by atoms with Crippen LogP contribution in [0.15, 0.2) is 0 Å². The van der Waals surface area contributed by atoms with Gasteiger partial charge in [-0.2, -0.15) is 0 Å². The van der Waals surface area contributed by atoms with Gasteiger partial charge in [0.05, 0.1) is 6.04 Å². The molecule has 3 amide bonds. The predicted octanol–water partition coefficient (Wildman–Crippen LogP) is 0.390. The molecule has 5 unspecified atom stereocenters. The number of carboxylic acid groups (broad SMARTS) is 1. The summed E-state index contributed by atoms with van der Waals surface area (Å²) in [7, 11) is 0. The molecular weight excluding hydrogens is 376 g/mol. The van der Waals surface area contributed by atoms with E-state index in [2.05, 4.69) is 21.3 Å². The van der Waals surface area contributed by atoms with Gasteiger partial charge >= 0.3 is 5.97 Å². The van der Waals surface area contributed by atoms with Crippen LogP contribution in [0.5, 0.6) is 0 Å². The first-order valence-corrected chi connectivity index (χ1v) is 10.4. The molecule has 5 atom stereocenters. The second kappa shape index (κ2) is 11.7. The predicted molar refractivity (Wildman–Crippen MR) is 109 cm³/mol. The van der Waals surface area contributed by atoms with Crippen molar-refractivity contribution in [1.82, 2.24) is 21.3 Å². The van der Waals surface area contributed by atoms with Gasteiger partial charge in [-0.3, -0.25) is 14.4 Å². The topological polar surface area (TPSA) is 137 Å². The van der Waals surface area contributed by atoms with E-state index in [-0.39, 0.29) is 23.8 Å². The van der Waals surface area contributed by atoms with Gasteiger partial charge in [0.15, 0.2) is 0 Å². The van der Waals surface area contributed by atoms with Crippen molar-refractivity contribution in [2.75, 3.05) is 6.54 Å². The molecule has 9 heteroatoms. The number of rotatable bonds is 11. The molecule has 1 rings (SSSR count). The van der Waals surface area contributed by atoms with Crippen LogP contribution in [0.4, 0.5) is 0 Å². The maximum absolute atomic E-state index is 12.8. The lowest BCUT2D eigenvalue weighted by Crippen LogP contribution is -2.58. The van der Waals surface area contributed by atoms with E-state index in [0.717, 1.165) is 19.4 Å². The Morgan fingerprint density at radius 1 is 1.03 bits per heavy atom. The molecule has 0 aromatic carbocycles. The summed E-state index contributed by atoms with van der Waals surface area (Å²) in [4.78, 5) is 48.9. The Morgan fingerprint density at radius 2 is 1.69 bits per heavy atom. The molecular formula is C20H36N4O5. The Bertz CT molecular complexity index is 589. The number of hydrogen-bond acceptors (Lipinski definition) is 5. The van der Waals surface area contributed by atoms with Gasteiger partial charge in [0, 0.05) is 0 Å². The standard InChI is InChI=1S/C20H36N4O5/c1-6-12(4)16(24-18(26)14-8-7-9-21-14)19(27)22-13(5)17(25)23-15(20(28)29)10-11(2)3/h11-16,21H,6-10H2,1-5H3,(H,22,27)(H,23,25)(H,24,26)(H,28,29). The fourth-order valence-corrected chi connectivity index (χ4v) is 3.22. The van der Waals surface area contributed by atoms with E-state index in [9.17, 15) is 24.3 Å². The number of carbonyl (C=O) groups excluding carboxylic acids is 3. The summed E-state index contributed by atoms with van der Waals surface area (Å²) in [5.74, 6) is -2.39. The Hall–Kier alpha value is -2.16. The van der Waals surface area contributed by atoms with E-state index in [1.807, 2.05) is 27.7 Å². The van der Waals surface area contributed by atoms with E-state index in [1.54, 1.807) is 0 Å². The van der Waals surface area contributed by atoms with Crippen LogP contribution in [-0.2, 0) is 19.2 Å². The van der Waals surface area contributed by atoms with Crippen molar-refractivity contribution in [3.63, 3.8) is 0 Å². The molecule has 9 nitrogen and oxygen atoms in total. The Balaban J connectivity index is 2.72. The second-order valence-corrected chi connectivity index (χ2v) is 8.28. The van der Waals surface area contributed by atoms with Crippen LogP contribution in [0.1, 0.15) is 60.3 Å². The molecule has 0 aromatic rings. The normalized spacial score (nSPS) is 20.4. The molecule has 0 spiro atoms. The van der Waals surface area contributed by atoms with Gasteiger partial charge in [-0.05, 0) is 44.6 Å². The van der Waals surface area contributed by atoms with Gasteiger partial charge in [0.1, 0.15) is 18.1 Å². The highest BCUT2D eigenvalue weighted by Gasteiger charge is 2.32. The van der Waals surface area contributed by atoms with Gasteiger partial charge in [-0.25, -0.2) is 4.79 Å². The molecule has 1 saturated heterocycles. The minimum Gasteiger partial charge on any atom is -0.480 e. The van der Waals surface area contributed by atoms with E-state index < -0.39 is 35.9 Å². The van der Waals surface area contributed by atoms with Crippen LogP contribution in [0.2, 0.25) is 0 Å². The van der Waals surface area contributed by atoms with Gasteiger partial charge in [0.25, 0.3) is 0 Å². The molecule has 0 bridgehead atoms. The summed E-state index contributed by atoms with van der Waals surface area (Å²) in [5, 5.41) is 20.3. The molecule has 166 valence electrons. The quantitative estimate of drug-likeness (QED) is 0.333. The van der Waals surface area contributed by atoms with E-state index in [1.165, 1.54) is 6.92 Å². The Morgan fingerprint density at radius 3 is 2.17 bits per heavy atom. The average molecular weight is 413 g/mol. The highest BCUT2D eigenvalue weighted by atomic mass is 16.4. The largest absolute Gasteiger partial charge is 0.480 e. The fourth-order valence-electron chi connectivity index (χ4n) is 3.22. The smallest absolute Gasteiger partial charge is 0.326 e. The molecule has 1 heterocycles. The highest BCUT2D eigenvalue weighted by Crippen LogP contribution is 2.11. The lowest BCUT2D eigenvalue weighted by atomic mass is 9.97. The van der Waals surface area contributed by atoms with Crippen LogP contribution < -0.4 is 21.3 Å². The van der Waals surface area contributed by atoms with Crippen LogP contribution >= 0.6 is 0 Å². The third-order valence-corrected chi connectivity index (χ3v) is 5.24. The van der Waals surface area contributed by atoms with E-state index in [4.69, 9.17) is 0 Å². The first kappa shape index (κ1) is 24.9. The molecule has 0 aliphatic carbocycles. The minimum absolute atomic E-state index is 0.0930. The van der Waals surface area contributed by atoms with Crippen molar-refractivity contribution in [1.29, 1.82) is 0 Å². The zero-order valence-corrected chi connectivity index (χ0v) is 18.1. The fraction of sp³-hybridized carbons (Fsp3) is 0.800. The van der Waals surface area contributed by atoms with Crippen molar-refractivity contribution < 1.29 is 24.3 Å². The van der Waals surface area contributed by atoms with Crippen molar-refractivity contribution in [3.8, 4) is 0 Å². The zero-order valence-electron chi connectivity index (χ0n) is 18.1. The summed E-state index contributed by atoms with van der Waals surface area (Å²) in [6.45, 7) is 9.79. The molecule has 1 fully saturated rings. The third kappa shape index (κ3) is 8.00. The van der Waals surface area contributed by atoms with Gasteiger partial charge < -0.3 is 26.4 Å². The SMILES string of the molecule is CCC(C)C(NC(=O)C1CCCN1)C(=O)NC(C)C(=O)NC(CC(C)C)C(=O)O. The summed E-state index contributed by atoms with van der Waals surface area (Å²) >= 11 is 0. The Kier molecular flexibility index (Phi) is 10.1. The molecule has 5 N–H and O–H groups in total. The summed E-state index contributed by atoms with van der Waals surface area (Å²) < 4.78 is 0. The molecule has 1 aliphatic heterocycles. The zero-order chi connectivity index (χ0) is 22.1. The van der Waals surface area contributed by atoms with Gasteiger partial charge in [-0.1, -0.05) is 34.1 Å². The van der Waals surface area contributed by atoms with Gasteiger partial charge in [0.2, 0.25) is 17.7 Å². The third-order valence-electron chi connectivity index (χ3n) is 5.24. The molecule has 0 radical (unpaired) electrons. The molecule has 0 saturated carbocycles. The number of carboxylic acids is 1. The Labute approximate surface area is 172 Å². The first-order valence-electron chi connectivity index (χ1n) is 10.4. The number of amides is 3. The lowest BCUT2D eigenvalue weighted by Gasteiger charge is -2.27. The maximum Gasteiger partial charge on any atom is 0.326 e. The van der Waals surface area contributed by atoms with Crippen molar-refractivity contribution >= 4 is 23.7 Å². The number of carbonyl (C=O) groups is 4. The second-order valence-electron chi connectivity index (χ2n) is 8.28. The van der Waals surface area contributed by atoms with Crippen molar-refractivity contribution in [2.45, 2.75) is 84.5 Å². The monoisotopic (exact) mass is 412 g/mol. The van der Waals surface area contributed by atoms with E-state index >= 15 is 0 Å². The highest BCUT2D eigenvalue weighted by molar-refractivity contribution is 5.94. The number of hydrogen-bond donors (Lipinski definition) is 5. The maximum atomic E-state index is 12.8. The molecule has 1 aliphatic rings. The van der Waals surface area contributed by atoms with Crippen LogP contribution in [0, 0.1) is 11.8 Å². The van der Waals surface area contributed by atoms with Crippen LogP contribution in [0.25, 0.3) is 0 Å². The van der Waals surface area contributed by atoms with E-state index in [0.29, 0.717) is 12.8 Å². The lowest BCUT2D eigenvalue weighted by molar-refractivity contribution is -0.142. The van der Waals surface area contributed by atoms with Gasteiger partial charge in [-0.15, -0.1) is 0 Å². The minimum atomic E-state index is -1.11.